The lowest BCUT2D eigenvalue weighted by molar-refractivity contribution is -0.704. The molecule has 0 fully saturated rings. The lowest BCUT2D eigenvalue weighted by Gasteiger charge is -2.07. The Morgan fingerprint density at radius 2 is 0.854 bits per heavy atom. The topological polar surface area (TPSA) is 8.81 Å². The fourth-order valence-corrected chi connectivity index (χ4v) is 6.35. The second-order valence-electron chi connectivity index (χ2n) is 12.8. The molecule has 0 aliphatic rings. The van der Waals surface area contributed by atoms with Gasteiger partial charge in [0.2, 0.25) is 0 Å². The van der Waals surface area contributed by atoms with Crippen LogP contribution in [0.25, 0.3) is 5.69 Å². The maximum Gasteiger partial charge on any atom is 0.261 e. The molecule has 0 bridgehead atoms. The monoisotopic (exact) mass is 566 g/mol. The molecule has 2 rings (SSSR count). The number of hydrogen-bond acceptors (Lipinski definition) is 0. The third-order valence-electron chi connectivity index (χ3n) is 9.05. The Bertz CT molecular complexity index is 808. The zero-order valence-corrected chi connectivity index (χ0v) is 27.7. The zero-order valence-electron chi connectivity index (χ0n) is 27.7. The molecule has 0 aliphatic heterocycles. The van der Waals surface area contributed by atoms with E-state index in [1.807, 2.05) is 0 Å². The van der Waals surface area contributed by atoms with E-state index in [1.54, 1.807) is 0 Å². The molecule has 0 atom stereocenters. The minimum absolute atomic E-state index is 1.17. The SMILES string of the molecule is CCCCCCCCCCCCCCCCCCCc1n(-c2ccccc2)cc[n+]1CCCCCCCCCCC. The van der Waals surface area contributed by atoms with Gasteiger partial charge in [0.1, 0.15) is 18.1 Å². The molecule has 1 heterocycles. The quantitative estimate of drug-likeness (QED) is 0.0685. The molecule has 234 valence electrons. The predicted octanol–water partition coefficient (Wildman–Crippen LogP) is 12.5. The van der Waals surface area contributed by atoms with Crippen molar-refractivity contribution in [1.29, 1.82) is 0 Å². The lowest BCUT2D eigenvalue weighted by atomic mass is 10.0. The van der Waals surface area contributed by atoms with Crippen LogP contribution in [0.3, 0.4) is 0 Å². The van der Waals surface area contributed by atoms with Gasteiger partial charge in [0.15, 0.2) is 0 Å². The van der Waals surface area contributed by atoms with Gasteiger partial charge in [-0.2, -0.15) is 4.57 Å². The van der Waals surface area contributed by atoms with E-state index in [0.717, 1.165) is 0 Å². The van der Waals surface area contributed by atoms with Crippen molar-refractivity contribution in [3.63, 3.8) is 0 Å². The molecule has 0 spiro atoms. The fourth-order valence-electron chi connectivity index (χ4n) is 6.35. The van der Waals surface area contributed by atoms with Gasteiger partial charge in [-0.15, -0.1) is 0 Å². The maximum atomic E-state index is 2.56. The number of aryl methyl sites for hydroxylation is 1. The molecule has 0 saturated heterocycles. The van der Waals surface area contributed by atoms with E-state index < -0.39 is 0 Å². The van der Waals surface area contributed by atoms with Crippen LogP contribution in [-0.4, -0.2) is 4.57 Å². The van der Waals surface area contributed by atoms with Crippen molar-refractivity contribution in [3.05, 3.63) is 48.5 Å². The highest BCUT2D eigenvalue weighted by molar-refractivity contribution is 5.31. The summed E-state index contributed by atoms with van der Waals surface area (Å²) in [6.45, 7) is 5.78. The van der Waals surface area contributed by atoms with Crippen LogP contribution in [0.4, 0.5) is 0 Å². The van der Waals surface area contributed by atoms with Crippen LogP contribution in [0.15, 0.2) is 42.7 Å². The van der Waals surface area contributed by atoms with Crippen LogP contribution in [0.2, 0.25) is 0 Å². The molecule has 0 radical (unpaired) electrons. The van der Waals surface area contributed by atoms with E-state index in [-0.39, 0.29) is 0 Å². The molecular formula is C39H69N2+. The van der Waals surface area contributed by atoms with Crippen LogP contribution < -0.4 is 4.57 Å². The Balaban J connectivity index is 1.56. The summed E-state index contributed by atoms with van der Waals surface area (Å²) in [5.41, 5.74) is 1.31. The van der Waals surface area contributed by atoms with Crippen molar-refractivity contribution in [2.75, 3.05) is 0 Å². The molecule has 41 heavy (non-hydrogen) atoms. The normalized spacial score (nSPS) is 11.5. The van der Waals surface area contributed by atoms with Gasteiger partial charge >= 0.3 is 0 Å². The fraction of sp³-hybridized carbons (Fsp3) is 0.769. The minimum atomic E-state index is 1.17. The number of benzene rings is 1. The predicted molar refractivity (Wildman–Crippen MR) is 181 cm³/mol. The minimum Gasteiger partial charge on any atom is -0.234 e. The van der Waals surface area contributed by atoms with Crippen LogP contribution in [0, 0.1) is 0 Å². The van der Waals surface area contributed by atoms with E-state index in [9.17, 15) is 0 Å². The second-order valence-corrected chi connectivity index (χ2v) is 12.8. The first-order valence-corrected chi connectivity index (χ1v) is 18.5. The van der Waals surface area contributed by atoms with Crippen molar-refractivity contribution in [2.24, 2.45) is 0 Å². The van der Waals surface area contributed by atoms with Gasteiger partial charge < -0.3 is 0 Å². The number of imidazole rings is 1. The van der Waals surface area contributed by atoms with Crippen LogP contribution >= 0.6 is 0 Å². The highest BCUT2D eigenvalue weighted by Gasteiger charge is 2.18. The lowest BCUT2D eigenvalue weighted by Crippen LogP contribution is -2.37. The smallest absolute Gasteiger partial charge is 0.234 e. The molecule has 0 aliphatic carbocycles. The Morgan fingerprint density at radius 1 is 0.463 bits per heavy atom. The van der Waals surface area contributed by atoms with Gasteiger partial charge in [0.05, 0.1) is 6.54 Å². The Labute approximate surface area is 256 Å². The van der Waals surface area contributed by atoms with E-state index in [1.165, 1.54) is 191 Å². The first kappa shape index (κ1) is 35.6. The number of unbranched alkanes of at least 4 members (excludes halogenated alkanes) is 24. The first-order chi connectivity index (χ1) is 20.4. The summed E-state index contributed by atoms with van der Waals surface area (Å²) in [5, 5.41) is 0. The van der Waals surface area contributed by atoms with Gasteiger partial charge in [0.25, 0.3) is 5.82 Å². The first-order valence-electron chi connectivity index (χ1n) is 18.5. The molecular weight excluding hydrogens is 496 g/mol. The number of hydrogen-bond donors (Lipinski definition) is 0. The molecule has 0 N–H and O–H groups in total. The van der Waals surface area contributed by atoms with Gasteiger partial charge in [-0.25, -0.2) is 4.57 Å². The Kier molecular flexibility index (Phi) is 22.7. The van der Waals surface area contributed by atoms with Gasteiger partial charge in [-0.3, -0.25) is 0 Å². The molecule has 0 amide bonds. The molecule has 2 heteroatoms. The van der Waals surface area contributed by atoms with Crippen molar-refractivity contribution < 1.29 is 4.57 Å². The summed E-state index contributed by atoms with van der Waals surface area (Å²) in [6, 6.07) is 11.0. The number of para-hydroxylation sites is 1. The van der Waals surface area contributed by atoms with Crippen LogP contribution in [0.1, 0.15) is 187 Å². The summed E-state index contributed by atoms with van der Waals surface area (Å²) in [5.74, 6) is 1.50. The highest BCUT2D eigenvalue weighted by atomic mass is 15.1. The van der Waals surface area contributed by atoms with Crippen LogP contribution in [-0.2, 0) is 13.0 Å². The van der Waals surface area contributed by atoms with E-state index in [2.05, 4.69) is 65.7 Å². The molecule has 0 saturated carbocycles. The van der Waals surface area contributed by atoms with Gasteiger partial charge in [-0.1, -0.05) is 180 Å². The Morgan fingerprint density at radius 3 is 1.29 bits per heavy atom. The summed E-state index contributed by atoms with van der Waals surface area (Å²) in [7, 11) is 0. The molecule has 1 aromatic carbocycles. The molecule has 0 unspecified atom stereocenters. The third kappa shape index (κ3) is 17.9. The standard InChI is InChI=1S/C39H69N2/c1-3-5-7-9-11-13-14-15-16-17-18-19-20-21-23-25-30-34-39-40(35-31-26-24-22-12-10-8-6-4-2)36-37-41(39)38-32-28-27-29-33-38/h27-29,32-33,36-37H,3-26,30-31,34-35H2,1-2H3/q+1. The van der Waals surface area contributed by atoms with Gasteiger partial charge in [-0.05, 0) is 31.4 Å². The molecule has 2 aromatic rings. The van der Waals surface area contributed by atoms with Crippen LogP contribution in [0.5, 0.6) is 0 Å². The van der Waals surface area contributed by atoms with Crippen molar-refractivity contribution in [1.82, 2.24) is 4.57 Å². The average Bonchev–Trinajstić information content (AvgIpc) is 3.40. The second kappa shape index (κ2) is 26.1. The number of nitrogens with zero attached hydrogens (tertiary/aromatic N) is 2. The highest BCUT2D eigenvalue weighted by Crippen LogP contribution is 2.16. The van der Waals surface area contributed by atoms with E-state index in [4.69, 9.17) is 0 Å². The molecule has 1 aromatic heterocycles. The van der Waals surface area contributed by atoms with Crippen molar-refractivity contribution in [3.8, 4) is 5.69 Å². The number of rotatable bonds is 29. The third-order valence-corrected chi connectivity index (χ3v) is 9.05. The number of aromatic nitrogens is 2. The summed E-state index contributed by atoms with van der Waals surface area (Å²) in [6.07, 6.45) is 42.8. The molecule has 2 nitrogen and oxygen atoms in total. The van der Waals surface area contributed by atoms with E-state index >= 15 is 0 Å². The summed E-state index contributed by atoms with van der Waals surface area (Å²) < 4.78 is 5.00. The zero-order chi connectivity index (χ0) is 29.1. The Hall–Kier alpha value is -1.57. The van der Waals surface area contributed by atoms with E-state index in [0.29, 0.717) is 0 Å². The summed E-state index contributed by atoms with van der Waals surface area (Å²) >= 11 is 0. The summed E-state index contributed by atoms with van der Waals surface area (Å²) in [4.78, 5) is 0. The van der Waals surface area contributed by atoms with Crippen molar-refractivity contribution >= 4 is 0 Å². The van der Waals surface area contributed by atoms with Gasteiger partial charge in [0, 0.05) is 6.42 Å². The maximum absolute atomic E-state index is 2.56. The largest absolute Gasteiger partial charge is 0.261 e. The average molecular weight is 566 g/mol. The van der Waals surface area contributed by atoms with Crippen molar-refractivity contribution in [2.45, 2.75) is 194 Å².